The summed E-state index contributed by atoms with van der Waals surface area (Å²) in [5.74, 6) is -0.442. The summed E-state index contributed by atoms with van der Waals surface area (Å²) in [5, 5.41) is 3.37. The van der Waals surface area contributed by atoms with Crippen LogP contribution in [-0.2, 0) is 28.4 Å². The van der Waals surface area contributed by atoms with E-state index in [1.807, 2.05) is 0 Å². The number of likely N-dealkylation sites (tertiary alicyclic amines) is 1. The predicted molar refractivity (Wildman–Crippen MR) is 131 cm³/mol. The number of alkyl halides is 6. The lowest BCUT2D eigenvalue weighted by Gasteiger charge is -2.42. The second-order valence-electron chi connectivity index (χ2n) is 10.1. The summed E-state index contributed by atoms with van der Waals surface area (Å²) in [6.45, 7) is 2.92. The molecule has 2 heterocycles. The van der Waals surface area contributed by atoms with Crippen LogP contribution in [0.15, 0.2) is 36.4 Å². The van der Waals surface area contributed by atoms with E-state index in [0.29, 0.717) is 55.9 Å². The number of piperidine rings is 1. The number of hydrogen-bond donors (Lipinski definition) is 1. The number of nitrogens with one attached hydrogen (secondary N) is 1. The minimum absolute atomic E-state index is 0.0468. The number of rotatable bonds is 6. The molecule has 13 heteroatoms. The van der Waals surface area contributed by atoms with Crippen LogP contribution >= 0.6 is 0 Å². The van der Waals surface area contributed by atoms with Crippen molar-refractivity contribution in [1.29, 1.82) is 0 Å². The van der Waals surface area contributed by atoms with E-state index >= 15 is 0 Å². The van der Waals surface area contributed by atoms with E-state index in [2.05, 4.69) is 5.32 Å². The number of benzene rings is 2. The lowest BCUT2D eigenvalue weighted by Crippen LogP contribution is -2.51. The molecule has 4 rings (SSSR count). The van der Waals surface area contributed by atoms with Crippen molar-refractivity contribution in [3.05, 3.63) is 70.0 Å². The summed E-state index contributed by atoms with van der Waals surface area (Å²) in [4.78, 5) is 16.2. The highest BCUT2D eigenvalue weighted by Crippen LogP contribution is 2.37. The van der Waals surface area contributed by atoms with Crippen LogP contribution in [0, 0.1) is 12.7 Å². The van der Waals surface area contributed by atoms with E-state index in [0.717, 1.165) is 4.90 Å². The van der Waals surface area contributed by atoms with Gasteiger partial charge in [0.2, 0.25) is 0 Å². The van der Waals surface area contributed by atoms with Crippen molar-refractivity contribution in [3.63, 3.8) is 0 Å². The van der Waals surface area contributed by atoms with Crippen LogP contribution < -0.4 is 5.32 Å². The average Bonchev–Trinajstić information content (AvgIpc) is 3.39. The molecule has 2 saturated heterocycles. The van der Waals surface area contributed by atoms with E-state index in [9.17, 15) is 35.5 Å². The molecule has 0 aliphatic carbocycles. The Hall–Kier alpha value is -2.90. The molecule has 2 unspecified atom stereocenters. The van der Waals surface area contributed by atoms with Gasteiger partial charge >= 0.3 is 18.4 Å². The average molecular weight is 578 g/mol. The zero-order valence-electron chi connectivity index (χ0n) is 21.9. The Kier molecular flexibility index (Phi) is 8.96. The molecule has 40 heavy (non-hydrogen) atoms. The highest BCUT2D eigenvalue weighted by atomic mass is 19.4. The Morgan fingerprint density at radius 1 is 1.02 bits per heavy atom. The molecule has 1 N–H and O–H groups in total. The van der Waals surface area contributed by atoms with Crippen LogP contribution in [0.2, 0.25) is 0 Å². The van der Waals surface area contributed by atoms with Crippen molar-refractivity contribution in [2.45, 2.75) is 57.0 Å². The second-order valence-corrected chi connectivity index (χ2v) is 10.1. The molecule has 2 aliphatic rings. The third-order valence-corrected chi connectivity index (χ3v) is 7.10. The van der Waals surface area contributed by atoms with Crippen molar-refractivity contribution >= 4 is 6.03 Å². The number of hydrogen-bond acceptors (Lipinski definition) is 4. The Bertz CT molecular complexity index is 1170. The first-order valence-corrected chi connectivity index (χ1v) is 12.7. The normalized spacial score (nSPS) is 20.7. The minimum Gasteiger partial charge on any atom is -0.349 e. The molecular formula is C27H30F7N3O3. The Labute approximate surface area is 227 Å². The molecule has 2 aliphatic heterocycles. The summed E-state index contributed by atoms with van der Waals surface area (Å²) in [6, 6.07) is 4.37. The molecule has 220 valence electrons. The summed E-state index contributed by atoms with van der Waals surface area (Å²) in [7, 11) is 1.32. The first-order chi connectivity index (χ1) is 18.7. The quantitative estimate of drug-likeness (QED) is 0.435. The number of urea groups is 1. The standard InChI is InChI=1S/C27H30F7N3O3/c1-16-9-20(28)3-4-22(16)23-13-21(35-14-24-39-7-8-40-24)5-6-37(23)25(38)36(2)15-17-10-18(26(29,30)31)12-19(11-17)27(32,33)34/h3-4,9-12,21,23-24,35H,5-8,13-15H2,1-2H3. The summed E-state index contributed by atoms with van der Waals surface area (Å²) >= 11 is 0. The number of amides is 2. The molecule has 2 atom stereocenters. The van der Waals surface area contributed by atoms with Gasteiger partial charge in [-0.2, -0.15) is 26.3 Å². The van der Waals surface area contributed by atoms with E-state index in [4.69, 9.17) is 9.47 Å². The number of ether oxygens (including phenoxy) is 2. The van der Waals surface area contributed by atoms with Crippen LogP contribution in [0.1, 0.15) is 46.7 Å². The maximum atomic E-state index is 13.9. The fourth-order valence-corrected chi connectivity index (χ4v) is 5.15. The SMILES string of the molecule is Cc1cc(F)ccc1C1CC(NCC2OCCO2)CCN1C(=O)N(C)Cc1cc(C(F)(F)F)cc(C(F)(F)F)c1. The lowest BCUT2D eigenvalue weighted by atomic mass is 9.89. The Balaban J connectivity index is 1.55. The van der Waals surface area contributed by atoms with E-state index < -0.39 is 47.9 Å². The van der Waals surface area contributed by atoms with Crippen molar-refractivity contribution < 1.29 is 45.0 Å². The number of carbonyl (C=O) groups excluding carboxylic acids is 1. The van der Waals surface area contributed by atoms with Gasteiger partial charge in [-0.15, -0.1) is 0 Å². The van der Waals surface area contributed by atoms with Crippen LogP contribution in [-0.4, -0.2) is 61.5 Å². The van der Waals surface area contributed by atoms with Gasteiger partial charge in [0.05, 0.1) is 30.4 Å². The summed E-state index contributed by atoms with van der Waals surface area (Å²) in [6.07, 6.45) is -9.39. The van der Waals surface area contributed by atoms with Gasteiger partial charge in [0, 0.05) is 32.7 Å². The first-order valence-electron chi connectivity index (χ1n) is 12.7. The first kappa shape index (κ1) is 30.1. The molecular weight excluding hydrogens is 547 g/mol. The van der Waals surface area contributed by atoms with Gasteiger partial charge in [0.15, 0.2) is 6.29 Å². The topological polar surface area (TPSA) is 54.0 Å². The van der Waals surface area contributed by atoms with Crippen molar-refractivity contribution in [2.24, 2.45) is 0 Å². The molecule has 2 fully saturated rings. The van der Waals surface area contributed by atoms with Crippen molar-refractivity contribution in [2.75, 3.05) is 33.4 Å². The summed E-state index contributed by atoms with van der Waals surface area (Å²) < 4.78 is 105. The van der Waals surface area contributed by atoms with Crippen LogP contribution in [0.25, 0.3) is 0 Å². The molecule has 0 aromatic heterocycles. The lowest BCUT2D eigenvalue weighted by molar-refractivity contribution is -0.143. The number of halogens is 7. The van der Waals surface area contributed by atoms with E-state index in [1.54, 1.807) is 13.0 Å². The van der Waals surface area contributed by atoms with E-state index in [-0.39, 0.29) is 30.5 Å². The predicted octanol–water partition coefficient (Wildman–Crippen LogP) is 5.89. The monoisotopic (exact) mass is 577 g/mol. The third-order valence-electron chi connectivity index (χ3n) is 7.10. The number of carbonyl (C=O) groups is 1. The van der Waals surface area contributed by atoms with Crippen LogP contribution in [0.3, 0.4) is 0 Å². The van der Waals surface area contributed by atoms with Crippen LogP contribution in [0.5, 0.6) is 0 Å². The van der Waals surface area contributed by atoms with Crippen molar-refractivity contribution in [1.82, 2.24) is 15.1 Å². The zero-order valence-corrected chi connectivity index (χ0v) is 21.9. The Morgan fingerprint density at radius 3 is 2.23 bits per heavy atom. The van der Waals surface area contributed by atoms with E-state index in [1.165, 1.54) is 24.1 Å². The zero-order chi connectivity index (χ0) is 29.2. The molecule has 2 amide bonds. The largest absolute Gasteiger partial charge is 0.416 e. The fraction of sp³-hybridized carbons (Fsp3) is 0.519. The molecule has 0 radical (unpaired) electrons. The fourth-order valence-electron chi connectivity index (χ4n) is 5.15. The number of nitrogens with zero attached hydrogens (tertiary/aromatic N) is 2. The molecule has 2 aromatic rings. The molecule has 2 aromatic carbocycles. The number of aryl methyl sites for hydroxylation is 1. The molecule has 0 saturated carbocycles. The minimum atomic E-state index is -4.99. The van der Waals surface area contributed by atoms with Gasteiger partial charge in [0.1, 0.15) is 5.82 Å². The van der Waals surface area contributed by atoms with Gasteiger partial charge in [-0.1, -0.05) is 6.07 Å². The van der Waals surface area contributed by atoms with Gasteiger partial charge < -0.3 is 24.6 Å². The van der Waals surface area contributed by atoms with Crippen molar-refractivity contribution in [3.8, 4) is 0 Å². The van der Waals surface area contributed by atoms with Gasteiger partial charge in [0.25, 0.3) is 0 Å². The van der Waals surface area contributed by atoms with Gasteiger partial charge in [-0.05, 0) is 66.8 Å². The highest BCUT2D eigenvalue weighted by molar-refractivity contribution is 5.75. The smallest absolute Gasteiger partial charge is 0.349 e. The summed E-state index contributed by atoms with van der Waals surface area (Å²) in [5.41, 5.74) is -1.89. The highest BCUT2D eigenvalue weighted by Gasteiger charge is 2.38. The molecule has 6 nitrogen and oxygen atoms in total. The third kappa shape index (κ3) is 7.24. The molecule has 0 spiro atoms. The Morgan fingerprint density at radius 2 is 1.65 bits per heavy atom. The van der Waals surface area contributed by atoms with Gasteiger partial charge in [-0.3, -0.25) is 0 Å². The van der Waals surface area contributed by atoms with Gasteiger partial charge in [-0.25, -0.2) is 9.18 Å². The maximum Gasteiger partial charge on any atom is 0.416 e. The molecule has 0 bridgehead atoms. The second kappa shape index (κ2) is 11.9. The maximum absolute atomic E-state index is 13.9. The van der Waals surface area contributed by atoms with Crippen LogP contribution in [0.4, 0.5) is 35.5 Å².